The lowest BCUT2D eigenvalue weighted by Crippen LogP contribution is -2.29. The second kappa shape index (κ2) is 12.0. The fraction of sp³-hybridized carbons (Fsp3) is 0.324. The van der Waals surface area contributed by atoms with E-state index in [1.54, 1.807) is 0 Å². The van der Waals surface area contributed by atoms with Gasteiger partial charge < -0.3 is 10.1 Å². The van der Waals surface area contributed by atoms with Gasteiger partial charge in [-0.3, -0.25) is 4.79 Å². The summed E-state index contributed by atoms with van der Waals surface area (Å²) in [5.74, 6) is -0.638. The fourth-order valence-electron chi connectivity index (χ4n) is 5.58. The number of hydrogen-bond donors (Lipinski definition) is 1. The zero-order valence-electron chi connectivity index (χ0n) is 25.8. The van der Waals surface area contributed by atoms with Gasteiger partial charge in [-0.25, -0.2) is 9.78 Å². The molecule has 1 N–H and O–H groups in total. The number of nitrogens with one attached hydrogen (secondary N) is 1. The molecule has 6 heteroatoms. The molecular formula is C37H39ClN2O3. The summed E-state index contributed by atoms with van der Waals surface area (Å²) in [6, 6.07) is 23.1. The smallest absolute Gasteiger partial charge is 0.339 e. The van der Waals surface area contributed by atoms with E-state index in [1.807, 2.05) is 72.8 Å². The Morgan fingerprint density at radius 2 is 1.60 bits per heavy atom. The highest BCUT2D eigenvalue weighted by Gasteiger charge is 2.35. The van der Waals surface area contributed by atoms with Gasteiger partial charge in [0.1, 0.15) is 0 Å². The number of fused-ring (bicyclic) bond motifs is 2. The Labute approximate surface area is 259 Å². The number of benzene rings is 3. The van der Waals surface area contributed by atoms with Crippen LogP contribution in [0.3, 0.4) is 0 Å². The molecule has 4 aromatic rings. The molecule has 1 amide bonds. The van der Waals surface area contributed by atoms with E-state index in [-0.39, 0.29) is 29.3 Å². The maximum Gasteiger partial charge on any atom is 0.339 e. The molecule has 1 heterocycles. The summed E-state index contributed by atoms with van der Waals surface area (Å²) in [4.78, 5) is 31.7. The molecule has 222 valence electrons. The number of hydrogen-bond acceptors (Lipinski definition) is 4. The molecule has 5 rings (SSSR count). The Balaban J connectivity index is 1.48. The van der Waals surface area contributed by atoms with Crippen LogP contribution in [0.15, 0.2) is 72.8 Å². The van der Waals surface area contributed by atoms with Crippen molar-refractivity contribution >= 4 is 51.7 Å². The van der Waals surface area contributed by atoms with E-state index < -0.39 is 5.97 Å². The number of allylic oxidation sites excluding steroid dienone is 1. The zero-order chi connectivity index (χ0) is 30.9. The van der Waals surface area contributed by atoms with Crippen LogP contribution in [0.5, 0.6) is 0 Å². The van der Waals surface area contributed by atoms with Gasteiger partial charge in [-0.2, -0.15) is 0 Å². The first kappa shape index (κ1) is 30.5. The van der Waals surface area contributed by atoms with Crippen molar-refractivity contribution in [2.24, 2.45) is 11.3 Å². The number of pyridine rings is 1. The third-order valence-electron chi connectivity index (χ3n) is 8.22. The summed E-state index contributed by atoms with van der Waals surface area (Å²) in [7, 11) is 0. The van der Waals surface area contributed by atoms with Crippen molar-refractivity contribution in [3.05, 3.63) is 106 Å². The molecular weight excluding hydrogens is 556 g/mol. The highest BCUT2D eigenvalue weighted by molar-refractivity contribution is 6.30. The maximum absolute atomic E-state index is 13.8. The van der Waals surface area contributed by atoms with Gasteiger partial charge in [-0.15, -0.1) is 0 Å². The molecule has 3 aromatic carbocycles. The number of rotatable bonds is 5. The minimum absolute atomic E-state index is 0.00792. The average molecular weight is 595 g/mol. The first-order valence-corrected chi connectivity index (χ1v) is 15.1. The third kappa shape index (κ3) is 7.00. The van der Waals surface area contributed by atoms with E-state index in [2.05, 4.69) is 52.9 Å². The maximum atomic E-state index is 13.8. The van der Waals surface area contributed by atoms with Crippen LogP contribution in [0.4, 0.5) is 5.69 Å². The second-order valence-corrected chi connectivity index (χ2v) is 13.9. The molecule has 43 heavy (non-hydrogen) atoms. The molecule has 5 nitrogen and oxygen atoms in total. The van der Waals surface area contributed by atoms with E-state index >= 15 is 0 Å². The quantitative estimate of drug-likeness (QED) is 0.234. The largest absolute Gasteiger partial charge is 0.452 e. The number of aromatic nitrogens is 1. The minimum Gasteiger partial charge on any atom is -0.452 e. The fourth-order valence-corrected chi connectivity index (χ4v) is 5.71. The van der Waals surface area contributed by atoms with Crippen LogP contribution in [0, 0.1) is 11.3 Å². The Kier molecular flexibility index (Phi) is 8.49. The number of anilines is 1. The molecule has 0 saturated carbocycles. The molecule has 0 saturated heterocycles. The predicted octanol–water partition coefficient (Wildman–Crippen LogP) is 9.13. The number of carbonyl (C=O) groups is 2. The number of carbonyl (C=O) groups excluding carboxylic acids is 2. The van der Waals surface area contributed by atoms with Crippen molar-refractivity contribution in [1.29, 1.82) is 0 Å². The zero-order valence-corrected chi connectivity index (χ0v) is 26.5. The highest BCUT2D eigenvalue weighted by atomic mass is 35.5. The topological polar surface area (TPSA) is 68.3 Å². The summed E-state index contributed by atoms with van der Waals surface area (Å²) < 4.78 is 5.69. The van der Waals surface area contributed by atoms with Crippen LogP contribution in [0.1, 0.15) is 80.7 Å². The molecule has 0 unspecified atom stereocenters. The molecule has 1 aliphatic rings. The highest BCUT2D eigenvalue weighted by Crippen LogP contribution is 2.45. The van der Waals surface area contributed by atoms with Crippen LogP contribution in [0.2, 0.25) is 5.02 Å². The van der Waals surface area contributed by atoms with Crippen molar-refractivity contribution in [2.75, 3.05) is 11.9 Å². The van der Waals surface area contributed by atoms with Crippen molar-refractivity contribution in [2.45, 2.75) is 59.8 Å². The number of halogens is 1. The monoisotopic (exact) mass is 594 g/mol. The lowest BCUT2D eigenvalue weighted by atomic mass is 9.69. The van der Waals surface area contributed by atoms with E-state index in [4.69, 9.17) is 21.3 Å². The first-order valence-electron chi connectivity index (χ1n) is 14.8. The predicted molar refractivity (Wildman–Crippen MR) is 176 cm³/mol. The number of ether oxygens (including phenoxy) is 1. The van der Waals surface area contributed by atoms with Gasteiger partial charge >= 0.3 is 5.97 Å². The summed E-state index contributed by atoms with van der Waals surface area (Å²) in [6.45, 7) is 12.7. The lowest BCUT2D eigenvalue weighted by molar-refractivity contribution is -0.119. The van der Waals surface area contributed by atoms with Crippen LogP contribution in [-0.4, -0.2) is 23.5 Å². The SMILES string of the molecule is CC(C)(C)c1ccc(NC(=O)COC(=O)c2c3c(nc4ccccc24)/C(=C/c2ccc(Cl)cc2)C[C@@H](C(C)(C)C)C3)cc1. The Morgan fingerprint density at radius 3 is 2.26 bits per heavy atom. The lowest BCUT2D eigenvalue weighted by Gasteiger charge is -2.36. The molecule has 0 aliphatic heterocycles. The van der Waals surface area contributed by atoms with Crippen LogP contribution in [0.25, 0.3) is 22.6 Å². The molecule has 1 aliphatic carbocycles. The van der Waals surface area contributed by atoms with Gasteiger partial charge in [-0.1, -0.05) is 95.6 Å². The Bertz CT molecular complexity index is 1690. The van der Waals surface area contributed by atoms with E-state index in [0.717, 1.165) is 34.2 Å². The summed E-state index contributed by atoms with van der Waals surface area (Å²) in [5, 5.41) is 4.25. The van der Waals surface area contributed by atoms with Crippen LogP contribution in [-0.2, 0) is 21.4 Å². The average Bonchev–Trinajstić information content (AvgIpc) is 2.95. The molecule has 1 aromatic heterocycles. The second-order valence-electron chi connectivity index (χ2n) is 13.5. The number of nitrogens with zero attached hydrogens (tertiary/aromatic N) is 1. The summed E-state index contributed by atoms with van der Waals surface area (Å²) in [5.41, 5.74) is 6.80. The normalized spacial score (nSPS) is 16.2. The number of esters is 1. The van der Waals surface area contributed by atoms with Gasteiger partial charge in [0.2, 0.25) is 0 Å². The number of para-hydroxylation sites is 1. The number of amides is 1. The van der Waals surface area contributed by atoms with Gasteiger partial charge in [0.15, 0.2) is 6.61 Å². The Morgan fingerprint density at radius 1 is 0.930 bits per heavy atom. The molecule has 1 atom stereocenters. The van der Waals surface area contributed by atoms with Crippen LogP contribution >= 0.6 is 11.6 Å². The standard InChI is InChI=1S/C37H39ClN2O3/c1-36(2,3)25-13-17-28(18-14-25)39-32(41)22-43-35(42)33-29-9-7-8-10-31(29)40-34-24(19-23-11-15-27(38)16-12-23)20-26(21-30(33)34)37(4,5)6/h7-19,26H,20-22H2,1-6H3,(H,39,41)/b24-19+/t26-/m1/s1. The summed E-state index contributed by atoms with van der Waals surface area (Å²) in [6.07, 6.45) is 3.66. The van der Waals surface area contributed by atoms with E-state index in [0.29, 0.717) is 28.2 Å². The van der Waals surface area contributed by atoms with E-state index in [9.17, 15) is 9.59 Å². The van der Waals surface area contributed by atoms with Crippen molar-refractivity contribution in [1.82, 2.24) is 4.98 Å². The van der Waals surface area contributed by atoms with Crippen LogP contribution < -0.4 is 5.32 Å². The molecule has 0 fully saturated rings. The van der Waals surface area contributed by atoms with Crippen molar-refractivity contribution in [3.8, 4) is 0 Å². The molecule has 0 bridgehead atoms. The van der Waals surface area contributed by atoms with Gasteiger partial charge in [-0.05, 0) is 88.3 Å². The van der Waals surface area contributed by atoms with Gasteiger partial charge in [0.25, 0.3) is 5.91 Å². The van der Waals surface area contributed by atoms with Crippen molar-refractivity contribution < 1.29 is 14.3 Å². The van der Waals surface area contributed by atoms with Crippen molar-refractivity contribution in [3.63, 3.8) is 0 Å². The minimum atomic E-state index is -0.520. The summed E-state index contributed by atoms with van der Waals surface area (Å²) >= 11 is 6.15. The van der Waals surface area contributed by atoms with Gasteiger partial charge in [0, 0.05) is 16.1 Å². The first-order chi connectivity index (χ1) is 20.3. The van der Waals surface area contributed by atoms with E-state index in [1.165, 1.54) is 5.56 Å². The third-order valence-corrected chi connectivity index (χ3v) is 8.48. The Hall–Kier alpha value is -3.96. The van der Waals surface area contributed by atoms with Gasteiger partial charge in [0.05, 0.1) is 16.8 Å². The molecule has 0 spiro atoms. The molecule has 0 radical (unpaired) electrons.